The maximum atomic E-state index is 12.3. The van der Waals surface area contributed by atoms with Gasteiger partial charge in [0.1, 0.15) is 0 Å². The Labute approximate surface area is 158 Å². The highest BCUT2D eigenvalue weighted by molar-refractivity contribution is 8.00. The molecular formula is C19H16F2N2OS2. The van der Waals surface area contributed by atoms with E-state index in [4.69, 9.17) is 0 Å². The van der Waals surface area contributed by atoms with Gasteiger partial charge < -0.3 is 5.32 Å². The number of aromatic nitrogens is 1. The van der Waals surface area contributed by atoms with Crippen molar-refractivity contribution < 1.29 is 13.6 Å². The Morgan fingerprint density at radius 2 is 1.88 bits per heavy atom. The van der Waals surface area contributed by atoms with E-state index in [1.54, 1.807) is 24.3 Å². The van der Waals surface area contributed by atoms with Crippen molar-refractivity contribution >= 4 is 46.0 Å². The third-order valence-electron chi connectivity index (χ3n) is 3.61. The summed E-state index contributed by atoms with van der Waals surface area (Å²) in [7, 11) is 0. The summed E-state index contributed by atoms with van der Waals surface area (Å²) in [5.74, 6) is -2.40. The summed E-state index contributed by atoms with van der Waals surface area (Å²) in [5, 5.41) is 4.65. The second-order valence-corrected chi connectivity index (χ2v) is 7.59. The summed E-state index contributed by atoms with van der Waals surface area (Å²) < 4.78 is 24.6. The van der Waals surface area contributed by atoms with Crippen molar-refractivity contribution in [1.82, 2.24) is 4.98 Å². The lowest BCUT2D eigenvalue weighted by Crippen LogP contribution is -2.14. The molecule has 134 valence electrons. The van der Waals surface area contributed by atoms with Gasteiger partial charge in [-0.3, -0.25) is 4.79 Å². The molecule has 0 saturated carbocycles. The van der Waals surface area contributed by atoms with Crippen LogP contribution in [0.5, 0.6) is 0 Å². The Kier molecular flexibility index (Phi) is 6.11. The molecule has 1 N–H and O–H groups in total. The highest BCUT2D eigenvalue weighted by Gasteiger charge is 2.08. The summed E-state index contributed by atoms with van der Waals surface area (Å²) in [6.07, 6.45) is 0. The number of fused-ring (bicyclic) bond motifs is 1. The van der Waals surface area contributed by atoms with Gasteiger partial charge in [-0.1, -0.05) is 41.7 Å². The molecule has 0 saturated heterocycles. The minimum Gasteiger partial charge on any atom is -0.325 e. The molecule has 1 heterocycles. The van der Waals surface area contributed by atoms with Crippen molar-refractivity contribution in [2.45, 2.75) is 22.6 Å². The first-order valence-corrected chi connectivity index (χ1v) is 9.72. The van der Waals surface area contributed by atoms with E-state index in [9.17, 15) is 13.6 Å². The standard InChI is InChI=1S/C19H16F2N2OS2/c1-12-10-18(23-16-5-3-2-4-15(12)16)25-11-17(24)22-13-6-8-14(9-7-13)26-19(20)21/h2-10,19H,11H2,1H3,(H,22,24). The fourth-order valence-electron chi connectivity index (χ4n) is 2.45. The Morgan fingerprint density at radius 3 is 2.62 bits per heavy atom. The Balaban J connectivity index is 1.59. The summed E-state index contributed by atoms with van der Waals surface area (Å²) in [4.78, 5) is 17.1. The second kappa shape index (κ2) is 8.51. The van der Waals surface area contributed by atoms with Crippen LogP contribution < -0.4 is 5.32 Å². The van der Waals surface area contributed by atoms with Crippen LogP contribution in [-0.2, 0) is 4.79 Å². The van der Waals surface area contributed by atoms with E-state index in [1.807, 2.05) is 37.3 Å². The number of aryl methyl sites for hydroxylation is 1. The number of carbonyl (C=O) groups excluding carboxylic acids is 1. The predicted molar refractivity (Wildman–Crippen MR) is 104 cm³/mol. The van der Waals surface area contributed by atoms with Crippen molar-refractivity contribution in [2.24, 2.45) is 0 Å². The molecule has 3 nitrogen and oxygen atoms in total. The fraction of sp³-hybridized carbons (Fsp3) is 0.158. The van der Waals surface area contributed by atoms with E-state index in [0.717, 1.165) is 21.5 Å². The van der Waals surface area contributed by atoms with Gasteiger partial charge in [0.05, 0.1) is 16.3 Å². The summed E-state index contributed by atoms with van der Waals surface area (Å²) in [6.45, 7) is 2.02. The molecule has 26 heavy (non-hydrogen) atoms. The normalized spacial score (nSPS) is 11.1. The average molecular weight is 390 g/mol. The van der Waals surface area contributed by atoms with Crippen molar-refractivity contribution in [1.29, 1.82) is 0 Å². The lowest BCUT2D eigenvalue weighted by Gasteiger charge is -2.08. The SMILES string of the molecule is Cc1cc(SCC(=O)Nc2ccc(SC(F)F)cc2)nc2ccccc12. The number of nitrogens with one attached hydrogen (secondary N) is 1. The largest absolute Gasteiger partial charge is 0.325 e. The predicted octanol–water partition coefficient (Wildman–Crippen LogP) is 5.59. The van der Waals surface area contributed by atoms with Gasteiger partial charge in [0.25, 0.3) is 5.76 Å². The molecule has 0 unspecified atom stereocenters. The first-order chi connectivity index (χ1) is 12.5. The summed E-state index contributed by atoms with van der Waals surface area (Å²) in [6, 6.07) is 16.2. The summed E-state index contributed by atoms with van der Waals surface area (Å²) in [5.41, 5.74) is 2.60. The third kappa shape index (κ3) is 4.95. The lowest BCUT2D eigenvalue weighted by molar-refractivity contribution is -0.113. The van der Waals surface area contributed by atoms with Gasteiger partial charge in [-0.25, -0.2) is 4.98 Å². The molecule has 0 aliphatic carbocycles. The molecule has 3 rings (SSSR count). The van der Waals surface area contributed by atoms with Gasteiger partial charge in [0.2, 0.25) is 5.91 Å². The van der Waals surface area contributed by atoms with E-state index < -0.39 is 5.76 Å². The number of alkyl halides is 2. The van der Waals surface area contributed by atoms with E-state index >= 15 is 0 Å². The zero-order valence-corrected chi connectivity index (χ0v) is 15.5. The number of para-hydroxylation sites is 1. The number of pyridine rings is 1. The Morgan fingerprint density at radius 1 is 1.15 bits per heavy atom. The van der Waals surface area contributed by atoms with Gasteiger partial charge in [-0.05, 0) is 48.9 Å². The van der Waals surface area contributed by atoms with E-state index in [0.29, 0.717) is 22.3 Å². The molecule has 3 aromatic rings. The molecule has 1 aromatic heterocycles. The average Bonchev–Trinajstić information content (AvgIpc) is 2.61. The van der Waals surface area contributed by atoms with Crippen LogP contribution in [0.2, 0.25) is 0 Å². The minimum atomic E-state index is -2.45. The van der Waals surface area contributed by atoms with Gasteiger partial charge >= 0.3 is 0 Å². The Bertz CT molecular complexity index is 917. The van der Waals surface area contributed by atoms with Crippen LogP contribution in [0.15, 0.2) is 64.5 Å². The molecule has 1 amide bonds. The van der Waals surface area contributed by atoms with Crippen molar-refractivity contribution in [3.05, 3.63) is 60.2 Å². The molecule has 0 bridgehead atoms. The highest BCUT2D eigenvalue weighted by atomic mass is 32.2. The smallest absolute Gasteiger partial charge is 0.288 e. The van der Waals surface area contributed by atoms with Crippen LogP contribution in [0, 0.1) is 6.92 Å². The van der Waals surface area contributed by atoms with Gasteiger partial charge in [0, 0.05) is 16.0 Å². The Hall–Kier alpha value is -2.12. The van der Waals surface area contributed by atoms with E-state index in [2.05, 4.69) is 10.3 Å². The minimum absolute atomic E-state index is 0.170. The first kappa shape index (κ1) is 18.7. The fourth-order valence-corrected chi connectivity index (χ4v) is 3.72. The van der Waals surface area contributed by atoms with Crippen molar-refractivity contribution in [3.8, 4) is 0 Å². The first-order valence-electron chi connectivity index (χ1n) is 7.85. The summed E-state index contributed by atoms with van der Waals surface area (Å²) >= 11 is 1.84. The molecule has 0 aliphatic heterocycles. The number of benzene rings is 2. The number of amides is 1. The molecule has 0 aliphatic rings. The maximum absolute atomic E-state index is 12.3. The van der Waals surface area contributed by atoms with Crippen LogP contribution >= 0.6 is 23.5 Å². The lowest BCUT2D eigenvalue weighted by atomic mass is 10.1. The number of hydrogen-bond donors (Lipinski definition) is 1. The molecule has 7 heteroatoms. The van der Waals surface area contributed by atoms with Gasteiger partial charge in [0.15, 0.2) is 0 Å². The van der Waals surface area contributed by atoms with Crippen LogP contribution in [-0.4, -0.2) is 22.4 Å². The zero-order valence-electron chi connectivity index (χ0n) is 13.9. The van der Waals surface area contributed by atoms with Crippen molar-refractivity contribution in [3.63, 3.8) is 0 Å². The quantitative estimate of drug-likeness (QED) is 0.557. The van der Waals surface area contributed by atoms with E-state index in [-0.39, 0.29) is 11.7 Å². The van der Waals surface area contributed by atoms with Crippen LogP contribution in [0.4, 0.5) is 14.5 Å². The maximum Gasteiger partial charge on any atom is 0.288 e. The number of anilines is 1. The number of nitrogens with zero attached hydrogens (tertiary/aromatic N) is 1. The van der Waals surface area contributed by atoms with Crippen LogP contribution in [0.1, 0.15) is 5.56 Å². The second-order valence-electron chi connectivity index (χ2n) is 5.53. The monoisotopic (exact) mass is 390 g/mol. The van der Waals surface area contributed by atoms with E-state index in [1.165, 1.54) is 11.8 Å². The van der Waals surface area contributed by atoms with Gasteiger partial charge in [-0.2, -0.15) is 8.78 Å². The molecule has 0 spiro atoms. The molecule has 0 atom stereocenters. The molecule has 0 radical (unpaired) electrons. The molecular weight excluding hydrogens is 374 g/mol. The molecule has 2 aromatic carbocycles. The zero-order chi connectivity index (χ0) is 18.5. The third-order valence-corrected chi connectivity index (χ3v) is 5.25. The number of carbonyl (C=O) groups is 1. The van der Waals surface area contributed by atoms with Crippen LogP contribution in [0.3, 0.4) is 0 Å². The topological polar surface area (TPSA) is 42.0 Å². The highest BCUT2D eigenvalue weighted by Crippen LogP contribution is 2.27. The molecule has 0 fully saturated rings. The number of halogens is 2. The number of hydrogen-bond acceptors (Lipinski definition) is 4. The van der Waals surface area contributed by atoms with Gasteiger partial charge in [-0.15, -0.1) is 0 Å². The van der Waals surface area contributed by atoms with Crippen LogP contribution in [0.25, 0.3) is 10.9 Å². The van der Waals surface area contributed by atoms with Crippen molar-refractivity contribution in [2.75, 3.05) is 11.1 Å². The number of thioether (sulfide) groups is 2. The number of rotatable bonds is 6.